The lowest BCUT2D eigenvalue weighted by Crippen LogP contribution is -2.38. The van der Waals surface area contributed by atoms with E-state index in [2.05, 4.69) is 15.7 Å². The molecule has 8 heteroatoms. The molecule has 1 saturated heterocycles. The van der Waals surface area contributed by atoms with Crippen LogP contribution in [0.4, 0.5) is 5.82 Å². The molecule has 1 aliphatic heterocycles. The number of hydrogen-bond acceptors (Lipinski definition) is 4. The highest BCUT2D eigenvalue weighted by molar-refractivity contribution is 5.85. The number of aryl methyl sites for hydroxylation is 1. The van der Waals surface area contributed by atoms with E-state index in [1.165, 1.54) is 0 Å². The Balaban J connectivity index is 0.00000169. The maximum atomic E-state index is 12.1. The van der Waals surface area contributed by atoms with Crippen molar-refractivity contribution in [1.29, 1.82) is 0 Å². The van der Waals surface area contributed by atoms with Crippen LogP contribution in [-0.4, -0.2) is 35.3 Å². The molecule has 1 aromatic heterocycles. The second-order valence-electron chi connectivity index (χ2n) is 6.23. The maximum Gasteiger partial charge on any atom is 0.223 e. The number of nitrogens with zero attached hydrogens (tertiary/aromatic N) is 2. The summed E-state index contributed by atoms with van der Waals surface area (Å²) < 4.78 is 1.75. The molecule has 0 bridgehead atoms. The smallest absolute Gasteiger partial charge is 0.223 e. The number of carbonyl (C=O) groups is 1. The molecule has 0 aliphatic carbocycles. The van der Waals surface area contributed by atoms with Gasteiger partial charge in [0.25, 0.3) is 0 Å². The van der Waals surface area contributed by atoms with E-state index in [1.807, 2.05) is 36.4 Å². The van der Waals surface area contributed by atoms with Crippen molar-refractivity contribution >= 4 is 36.5 Å². The Morgan fingerprint density at radius 3 is 2.62 bits per heavy atom. The number of nitrogens with one attached hydrogen (secondary N) is 2. The van der Waals surface area contributed by atoms with Gasteiger partial charge in [0.05, 0.1) is 11.4 Å². The second-order valence-corrected chi connectivity index (χ2v) is 6.23. The Labute approximate surface area is 166 Å². The molecule has 1 aromatic carbocycles. The highest BCUT2D eigenvalue weighted by Crippen LogP contribution is 2.15. The molecule has 0 saturated carbocycles. The van der Waals surface area contributed by atoms with Gasteiger partial charge in [-0.05, 0) is 50.9 Å². The molecule has 3 rings (SSSR count). The van der Waals surface area contributed by atoms with Gasteiger partial charge < -0.3 is 16.4 Å². The zero-order chi connectivity index (χ0) is 16.8. The van der Waals surface area contributed by atoms with Crippen molar-refractivity contribution in [3.8, 4) is 5.69 Å². The number of halogens is 2. The molecule has 0 spiro atoms. The number of benzene rings is 1. The molecule has 0 atom stereocenters. The van der Waals surface area contributed by atoms with E-state index in [4.69, 9.17) is 5.73 Å². The summed E-state index contributed by atoms with van der Waals surface area (Å²) in [5.74, 6) is 0.986. The zero-order valence-electron chi connectivity index (χ0n) is 14.7. The van der Waals surface area contributed by atoms with Crippen LogP contribution in [-0.2, 0) is 11.2 Å². The van der Waals surface area contributed by atoms with Crippen LogP contribution < -0.4 is 16.4 Å². The van der Waals surface area contributed by atoms with Gasteiger partial charge in [0.2, 0.25) is 5.91 Å². The number of anilines is 1. The van der Waals surface area contributed by atoms with E-state index in [0.29, 0.717) is 12.4 Å². The summed E-state index contributed by atoms with van der Waals surface area (Å²) in [5.41, 5.74) is 7.96. The first kappa shape index (κ1) is 22.3. The zero-order valence-corrected chi connectivity index (χ0v) is 16.3. The largest absolute Gasteiger partial charge is 0.384 e. The quantitative estimate of drug-likeness (QED) is 0.650. The molecule has 2 heterocycles. The average molecular weight is 400 g/mol. The van der Waals surface area contributed by atoms with Gasteiger partial charge in [-0.15, -0.1) is 24.8 Å². The fourth-order valence-corrected chi connectivity index (χ4v) is 3.05. The van der Waals surface area contributed by atoms with Crippen LogP contribution in [0.25, 0.3) is 5.69 Å². The summed E-state index contributed by atoms with van der Waals surface area (Å²) in [7, 11) is 0. The minimum atomic E-state index is 0. The second kappa shape index (κ2) is 11.1. The van der Waals surface area contributed by atoms with Gasteiger partial charge in [0.1, 0.15) is 5.82 Å². The fraction of sp³-hybridized carbons (Fsp3) is 0.444. The first-order valence-corrected chi connectivity index (χ1v) is 8.62. The fourth-order valence-electron chi connectivity index (χ4n) is 3.05. The van der Waals surface area contributed by atoms with E-state index < -0.39 is 0 Å². The molecule has 0 unspecified atom stereocenters. The van der Waals surface area contributed by atoms with Crippen LogP contribution in [0.5, 0.6) is 0 Å². The molecule has 4 N–H and O–H groups in total. The summed E-state index contributed by atoms with van der Waals surface area (Å²) in [6.07, 6.45) is 3.53. The van der Waals surface area contributed by atoms with Crippen LogP contribution in [0.15, 0.2) is 36.4 Å². The van der Waals surface area contributed by atoms with Gasteiger partial charge >= 0.3 is 0 Å². The Kier molecular flexibility index (Phi) is 9.48. The molecular weight excluding hydrogens is 373 g/mol. The normalized spacial score (nSPS) is 14.2. The van der Waals surface area contributed by atoms with Gasteiger partial charge in [-0.25, -0.2) is 4.68 Å². The lowest BCUT2D eigenvalue weighted by atomic mass is 9.97. The summed E-state index contributed by atoms with van der Waals surface area (Å²) in [5, 5.41) is 10.9. The third kappa shape index (κ3) is 5.90. The first-order chi connectivity index (χ1) is 11.7. The maximum absolute atomic E-state index is 12.1. The number of aromatic nitrogens is 2. The summed E-state index contributed by atoms with van der Waals surface area (Å²) >= 11 is 0. The summed E-state index contributed by atoms with van der Waals surface area (Å²) in [6, 6.07) is 11.8. The molecule has 1 aliphatic rings. The number of piperidine rings is 1. The van der Waals surface area contributed by atoms with E-state index in [9.17, 15) is 4.79 Å². The minimum Gasteiger partial charge on any atom is -0.384 e. The van der Waals surface area contributed by atoms with E-state index in [-0.39, 0.29) is 36.6 Å². The Hall–Kier alpha value is -1.76. The van der Waals surface area contributed by atoms with Crippen LogP contribution in [0.3, 0.4) is 0 Å². The number of nitrogens with two attached hydrogens (primary N) is 1. The van der Waals surface area contributed by atoms with Crippen molar-refractivity contribution in [1.82, 2.24) is 20.4 Å². The highest BCUT2D eigenvalue weighted by atomic mass is 35.5. The minimum absolute atomic E-state index is 0. The van der Waals surface area contributed by atoms with E-state index in [1.54, 1.807) is 4.68 Å². The molecular formula is C18H27Cl2N5O. The van der Waals surface area contributed by atoms with E-state index in [0.717, 1.165) is 50.2 Å². The first-order valence-electron chi connectivity index (χ1n) is 8.62. The Morgan fingerprint density at radius 1 is 1.23 bits per heavy atom. The lowest BCUT2D eigenvalue weighted by Gasteiger charge is -2.21. The van der Waals surface area contributed by atoms with Crippen molar-refractivity contribution in [2.45, 2.75) is 25.7 Å². The Morgan fingerprint density at radius 2 is 1.92 bits per heavy atom. The van der Waals surface area contributed by atoms with Gasteiger partial charge in [0.15, 0.2) is 0 Å². The Bertz CT molecular complexity index is 671. The van der Waals surface area contributed by atoms with Crippen molar-refractivity contribution in [2.24, 2.45) is 5.92 Å². The predicted molar refractivity (Wildman–Crippen MR) is 109 cm³/mol. The van der Waals surface area contributed by atoms with Crippen LogP contribution in [0.2, 0.25) is 0 Å². The number of amides is 1. The molecule has 26 heavy (non-hydrogen) atoms. The van der Waals surface area contributed by atoms with E-state index >= 15 is 0 Å². The van der Waals surface area contributed by atoms with Crippen molar-refractivity contribution in [3.05, 3.63) is 42.1 Å². The van der Waals surface area contributed by atoms with Crippen LogP contribution in [0, 0.1) is 5.92 Å². The molecule has 2 aromatic rings. The van der Waals surface area contributed by atoms with Crippen LogP contribution >= 0.6 is 24.8 Å². The standard InChI is InChI=1S/C18H25N5O.2ClH/c19-17-13-15(22-23(17)16-6-2-1-3-7-16)5-4-10-21-18(24)14-8-11-20-12-9-14;;/h1-3,6-7,13-14,20H,4-5,8-12,19H2,(H,21,24);2*1H. The number of hydrogen-bond donors (Lipinski definition) is 3. The summed E-state index contributed by atoms with van der Waals surface area (Å²) in [4.78, 5) is 12.1. The number of para-hydroxylation sites is 1. The third-order valence-electron chi connectivity index (χ3n) is 4.41. The molecule has 0 radical (unpaired) electrons. The van der Waals surface area contributed by atoms with Crippen molar-refractivity contribution in [2.75, 3.05) is 25.4 Å². The monoisotopic (exact) mass is 399 g/mol. The van der Waals surface area contributed by atoms with Gasteiger partial charge in [-0.3, -0.25) is 4.79 Å². The van der Waals surface area contributed by atoms with Crippen LogP contribution in [0.1, 0.15) is 25.0 Å². The van der Waals surface area contributed by atoms with Gasteiger partial charge in [-0.1, -0.05) is 18.2 Å². The molecule has 6 nitrogen and oxygen atoms in total. The topological polar surface area (TPSA) is 85.0 Å². The number of carbonyl (C=O) groups excluding carboxylic acids is 1. The molecule has 144 valence electrons. The summed E-state index contributed by atoms with van der Waals surface area (Å²) in [6.45, 7) is 2.56. The predicted octanol–water partition coefficient (Wildman–Crippen LogP) is 2.35. The SMILES string of the molecule is Cl.Cl.Nc1cc(CCCNC(=O)C2CCNCC2)nn1-c1ccccc1. The van der Waals surface area contributed by atoms with Crippen molar-refractivity contribution < 1.29 is 4.79 Å². The number of rotatable bonds is 6. The van der Waals surface area contributed by atoms with Gasteiger partial charge in [-0.2, -0.15) is 5.10 Å². The van der Waals surface area contributed by atoms with Crippen molar-refractivity contribution in [3.63, 3.8) is 0 Å². The third-order valence-corrected chi connectivity index (χ3v) is 4.41. The van der Waals surface area contributed by atoms with Gasteiger partial charge in [0, 0.05) is 18.5 Å². The molecule has 1 fully saturated rings. The lowest BCUT2D eigenvalue weighted by molar-refractivity contribution is -0.125. The number of nitrogen functional groups attached to an aromatic ring is 1. The molecule has 1 amide bonds. The average Bonchev–Trinajstić information content (AvgIpc) is 3.01. The highest BCUT2D eigenvalue weighted by Gasteiger charge is 2.20.